The van der Waals surface area contributed by atoms with Crippen molar-refractivity contribution in [1.82, 2.24) is 5.32 Å². The lowest BCUT2D eigenvalue weighted by atomic mass is 9.95. The lowest BCUT2D eigenvalue weighted by molar-refractivity contribution is -0.144. The van der Waals surface area contributed by atoms with E-state index in [9.17, 15) is 14.7 Å². The second kappa shape index (κ2) is 6.29. The van der Waals surface area contributed by atoms with Crippen LogP contribution in [-0.4, -0.2) is 22.5 Å². The Morgan fingerprint density at radius 3 is 2.38 bits per heavy atom. The van der Waals surface area contributed by atoms with Gasteiger partial charge in [-0.3, -0.25) is 4.79 Å². The molecule has 1 saturated carbocycles. The number of unbranched alkanes of at least 4 members (excludes halogenated alkanes) is 1. The van der Waals surface area contributed by atoms with Crippen LogP contribution in [0.3, 0.4) is 0 Å². The fourth-order valence-corrected chi connectivity index (χ4v) is 2.50. The molecule has 2 rings (SSSR count). The minimum absolute atomic E-state index is 0.0442. The standard InChI is InChI=1S/C17H23NO3/c1-3-4-5-12-6-8-13(9-7-12)15(19)18-17(2,16(20)21)14-10-11-14/h6-9,14H,3-5,10-11H2,1-2H3,(H,18,19)(H,20,21). The van der Waals surface area contributed by atoms with Gasteiger partial charge >= 0.3 is 5.97 Å². The van der Waals surface area contributed by atoms with Gasteiger partial charge in [0, 0.05) is 5.56 Å². The van der Waals surface area contributed by atoms with Gasteiger partial charge in [-0.2, -0.15) is 0 Å². The van der Waals surface area contributed by atoms with Crippen molar-refractivity contribution in [1.29, 1.82) is 0 Å². The first-order chi connectivity index (χ1) is 9.97. The highest BCUT2D eigenvalue weighted by molar-refractivity contribution is 5.98. The normalized spacial score (nSPS) is 17.0. The molecule has 0 bridgehead atoms. The Balaban J connectivity index is 2.04. The second-order valence-electron chi connectivity index (χ2n) is 6.04. The summed E-state index contributed by atoms with van der Waals surface area (Å²) in [7, 11) is 0. The molecule has 4 heteroatoms. The maximum atomic E-state index is 12.2. The number of carboxylic acids is 1. The molecule has 1 aliphatic carbocycles. The third kappa shape index (κ3) is 3.63. The van der Waals surface area contributed by atoms with Crippen molar-refractivity contribution >= 4 is 11.9 Å². The average molecular weight is 289 g/mol. The van der Waals surface area contributed by atoms with Crippen LogP contribution in [-0.2, 0) is 11.2 Å². The van der Waals surface area contributed by atoms with Gasteiger partial charge in [-0.1, -0.05) is 25.5 Å². The number of nitrogens with one attached hydrogen (secondary N) is 1. The maximum Gasteiger partial charge on any atom is 0.329 e. The number of carbonyl (C=O) groups excluding carboxylic acids is 1. The quantitative estimate of drug-likeness (QED) is 0.811. The summed E-state index contributed by atoms with van der Waals surface area (Å²) in [6.45, 7) is 3.74. The van der Waals surface area contributed by atoms with Gasteiger partial charge < -0.3 is 10.4 Å². The lowest BCUT2D eigenvalue weighted by Crippen LogP contribution is -2.54. The Hall–Kier alpha value is -1.84. The van der Waals surface area contributed by atoms with Crippen LogP contribution in [0.2, 0.25) is 0 Å². The summed E-state index contributed by atoms with van der Waals surface area (Å²) >= 11 is 0. The van der Waals surface area contributed by atoms with Crippen LogP contribution in [0.15, 0.2) is 24.3 Å². The van der Waals surface area contributed by atoms with Crippen LogP contribution in [0.5, 0.6) is 0 Å². The molecule has 1 aromatic carbocycles. The molecule has 0 aromatic heterocycles. The van der Waals surface area contributed by atoms with Gasteiger partial charge in [0.2, 0.25) is 0 Å². The fourth-order valence-electron chi connectivity index (χ4n) is 2.50. The van der Waals surface area contributed by atoms with E-state index in [-0.39, 0.29) is 11.8 Å². The smallest absolute Gasteiger partial charge is 0.329 e. The molecule has 1 aromatic rings. The first-order valence-electron chi connectivity index (χ1n) is 7.62. The zero-order chi connectivity index (χ0) is 15.5. The van der Waals surface area contributed by atoms with E-state index in [1.54, 1.807) is 19.1 Å². The summed E-state index contributed by atoms with van der Waals surface area (Å²) in [4.78, 5) is 23.7. The fraction of sp³-hybridized carbons (Fsp3) is 0.529. The average Bonchev–Trinajstić information content (AvgIpc) is 3.30. The van der Waals surface area contributed by atoms with Crippen molar-refractivity contribution in [2.75, 3.05) is 0 Å². The molecule has 1 atom stereocenters. The topological polar surface area (TPSA) is 66.4 Å². The highest BCUT2D eigenvalue weighted by atomic mass is 16.4. The number of amides is 1. The Labute approximate surface area is 125 Å². The van der Waals surface area contributed by atoms with E-state index in [1.165, 1.54) is 5.56 Å². The van der Waals surface area contributed by atoms with E-state index in [2.05, 4.69) is 12.2 Å². The van der Waals surface area contributed by atoms with Gasteiger partial charge in [0.1, 0.15) is 5.54 Å². The van der Waals surface area contributed by atoms with Crippen LogP contribution in [0, 0.1) is 5.92 Å². The predicted octanol–water partition coefficient (Wildman–Crippen LogP) is 3.01. The summed E-state index contributed by atoms with van der Waals surface area (Å²) < 4.78 is 0. The number of hydrogen-bond acceptors (Lipinski definition) is 2. The van der Waals surface area contributed by atoms with Crippen molar-refractivity contribution in [3.05, 3.63) is 35.4 Å². The van der Waals surface area contributed by atoms with E-state index >= 15 is 0 Å². The molecule has 0 spiro atoms. The van der Waals surface area contributed by atoms with Crippen molar-refractivity contribution < 1.29 is 14.7 Å². The zero-order valence-corrected chi connectivity index (χ0v) is 12.7. The van der Waals surface area contributed by atoms with E-state index in [4.69, 9.17) is 0 Å². The van der Waals surface area contributed by atoms with Crippen molar-refractivity contribution in [3.63, 3.8) is 0 Å². The minimum Gasteiger partial charge on any atom is -0.480 e. The van der Waals surface area contributed by atoms with E-state index in [0.717, 1.165) is 32.1 Å². The predicted molar refractivity (Wildman–Crippen MR) is 81.3 cm³/mol. The molecule has 0 radical (unpaired) electrons. The summed E-state index contributed by atoms with van der Waals surface area (Å²) in [5.41, 5.74) is 0.567. The molecule has 21 heavy (non-hydrogen) atoms. The molecule has 1 aliphatic rings. The molecule has 0 saturated heterocycles. The van der Waals surface area contributed by atoms with Crippen LogP contribution in [0.4, 0.5) is 0 Å². The second-order valence-corrected chi connectivity index (χ2v) is 6.04. The van der Waals surface area contributed by atoms with E-state index < -0.39 is 11.5 Å². The SMILES string of the molecule is CCCCc1ccc(C(=O)NC(C)(C(=O)O)C2CC2)cc1. The van der Waals surface area contributed by atoms with Gasteiger partial charge in [0.15, 0.2) is 0 Å². The van der Waals surface area contributed by atoms with Gasteiger partial charge in [-0.25, -0.2) is 4.79 Å². The Morgan fingerprint density at radius 2 is 1.90 bits per heavy atom. The van der Waals surface area contributed by atoms with E-state index in [0.29, 0.717) is 5.56 Å². The highest BCUT2D eigenvalue weighted by Crippen LogP contribution is 2.39. The number of rotatable bonds is 7. The molecule has 1 fully saturated rings. The maximum absolute atomic E-state index is 12.2. The number of carboxylic acid groups (broad SMARTS) is 1. The van der Waals surface area contributed by atoms with Crippen molar-refractivity contribution in [3.8, 4) is 0 Å². The molecule has 1 amide bonds. The van der Waals surface area contributed by atoms with Crippen LogP contribution in [0.25, 0.3) is 0 Å². The largest absolute Gasteiger partial charge is 0.480 e. The first-order valence-corrected chi connectivity index (χ1v) is 7.62. The van der Waals surface area contributed by atoms with Crippen molar-refractivity contribution in [2.45, 2.75) is 51.5 Å². The summed E-state index contributed by atoms with van der Waals surface area (Å²) in [6.07, 6.45) is 5.00. The van der Waals surface area contributed by atoms with Crippen LogP contribution in [0.1, 0.15) is 55.5 Å². The monoisotopic (exact) mass is 289 g/mol. The molecular formula is C17H23NO3. The molecule has 1 unspecified atom stereocenters. The molecule has 0 aliphatic heterocycles. The summed E-state index contributed by atoms with van der Waals surface area (Å²) in [5.74, 6) is -1.23. The number of hydrogen-bond donors (Lipinski definition) is 2. The van der Waals surface area contributed by atoms with Gasteiger partial charge in [-0.05, 0) is 56.2 Å². The Bertz CT molecular complexity index is 519. The lowest BCUT2D eigenvalue weighted by Gasteiger charge is -2.26. The minimum atomic E-state index is -1.15. The number of aliphatic carboxylic acids is 1. The molecular weight excluding hydrogens is 266 g/mol. The number of aryl methyl sites for hydroxylation is 1. The van der Waals surface area contributed by atoms with Gasteiger partial charge in [0.25, 0.3) is 5.91 Å². The number of benzene rings is 1. The Morgan fingerprint density at radius 1 is 1.29 bits per heavy atom. The molecule has 114 valence electrons. The third-order valence-corrected chi connectivity index (χ3v) is 4.25. The summed E-state index contributed by atoms with van der Waals surface area (Å²) in [6, 6.07) is 7.44. The van der Waals surface area contributed by atoms with Gasteiger partial charge in [0.05, 0.1) is 0 Å². The molecule has 0 heterocycles. The van der Waals surface area contributed by atoms with Crippen LogP contribution >= 0.6 is 0 Å². The summed E-state index contributed by atoms with van der Waals surface area (Å²) in [5, 5.41) is 12.1. The zero-order valence-electron chi connectivity index (χ0n) is 12.7. The highest BCUT2D eigenvalue weighted by Gasteiger charge is 2.48. The van der Waals surface area contributed by atoms with Gasteiger partial charge in [-0.15, -0.1) is 0 Å². The number of carbonyl (C=O) groups is 2. The first kappa shape index (κ1) is 15.5. The van der Waals surface area contributed by atoms with E-state index in [1.807, 2.05) is 12.1 Å². The molecule has 4 nitrogen and oxygen atoms in total. The Kier molecular flexibility index (Phi) is 4.66. The third-order valence-electron chi connectivity index (χ3n) is 4.25. The molecule has 2 N–H and O–H groups in total. The van der Waals surface area contributed by atoms with Crippen molar-refractivity contribution in [2.24, 2.45) is 5.92 Å². The van der Waals surface area contributed by atoms with Crippen LogP contribution < -0.4 is 5.32 Å².